The predicted octanol–water partition coefficient (Wildman–Crippen LogP) is 1.75. The van der Waals surface area contributed by atoms with Crippen molar-refractivity contribution in [1.82, 2.24) is 0 Å². The molecule has 3 nitrogen and oxygen atoms in total. The van der Waals surface area contributed by atoms with Gasteiger partial charge < -0.3 is 9.84 Å². The van der Waals surface area contributed by atoms with Crippen LogP contribution in [-0.4, -0.2) is 23.3 Å². The zero-order chi connectivity index (χ0) is 9.68. The summed E-state index contributed by atoms with van der Waals surface area (Å²) in [5.41, 5.74) is 0. The van der Waals surface area contributed by atoms with Gasteiger partial charge in [-0.25, -0.2) is 4.79 Å². The van der Waals surface area contributed by atoms with Gasteiger partial charge in [0.15, 0.2) is 0 Å². The van der Waals surface area contributed by atoms with Crippen LogP contribution in [0.4, 0.5) is 0 Å². The molecule has 1 N–H and O–H groups in total. The molecule has 3 heteroatoms. The highest BCUT2D eigenvalue weighted by Crippen LogP contribution is 2.19. The van der Waals surface area contributed by atoms with E-state index in [0.29, 0.717) is 6.10 Å². The first-order valence-corrected chi connectivity index (χ1v) is 4.41. The number of ether oxygens (including phenoxy) is 1. The minimum Gasteiger partial charge on any atom is -0.478 e. The highest BCUT2D eigenvalue weighted by Gasteiger charge is 2.18. The van der Waals surface area contributed by atoms with Gasteiger partial charge in [-0.05, 0) is 19.8 Å². The molecule has 1 fully saturated rings. The van der Waals surface area contributed by atoms with E-state index in [1.54, 1.807) is 6.08 Å². The van der Waals surface area contributed by atoms with Crippen LogP contribution in [0.5, 0.6) is 0 Å². The van der Waals surface area contributed by atoms with Crippen LogP contribution >= 0.6 is 0 Å². The zero-order valence-electron chi connectivity index (χ0n) is 7.64. The SMILES string of the molecule is CC1CCC(/C=C/C=C/C(=O)O)O1. The van der Waals surface area contributed by atoms with Gasteiger partial charge in [-0.1, -0.05) is 18.2 Å². The second-order valence-electron chi connectivity index (χ2n) is 3.14. The molecule has 0 aromatic rings. The Hall–Kier alpha value is -1.09. The maximum absolute atomic E-state index is 10.1. The van der Waals surface area contributed by atoms with Crippen molar-refractivity contribution in [3.8, 4) is 0 Å². The molecule has 1 aliphatic heterocycles. The van der Waals surface area contributed by atoms with Crippen molar-refractivity contribution < 1.29 is 14.6 Å². The summed E-state index contributed by atoms with van der Waals surface area (Å²) in [6.07, 6.45) is 8.83. The van der Waals surface area contributed by atoms with Crippen molar-refractivity contribution in [3.63, 3.8) is 0 Å². The van der Waals surface area contributed by atoms with Gasteiger partial charge in [-0.15, -0.1) is 0 Å². The van der Waals surface area contributed by atoms with Crippen molar-refractivity contribution in [3.05, 3.63) is 24.3 Å². The van der Waals surface area contributed by atoms with Crippen LogP contribution in [-0.2, 0) is 9.53 Å². The van der Waals surface area contributed by atoms with E-state index in [1.165, 1.54) is 6.08 Å². The van der Waals surface area contributed by atoms with Gasteiger partial charge in [-0.3, -0.25) is 0 Å². The molecule has 0 aromatic carbocycles. The highest BCUT2D eigenvalue weighted by molar-refractivity contribution is 5.80. The Morgan fingerprint density at radius 2 is 2.23 bits per heavy atom. The van der Waals surface area contributed by atoms with Crippen LogP contribution in [0.2, 0.25) is 0 Å². The van der Waals surface area contributed by atoms with Crippen LogP contribution in [0.3, 0.4) is 0 Å². The molecule has 1 rings (SSSR count). The molecule has 1 aliphatic rings. The molecule has 0 spiro atoms. The molecule has 2 unspecified atom stereocenters. The van der Waals surface area contributed by atoms with E-state index in [4.69, 9.17) is 9.84 Å². The normalized spacial score (nSPS) is 29.0. The Morgan fingerprint density at radius 1 is 1.46 bits per heavy atom. The first kappa shape index (κ1) is 9.99. The second-order valence-corrected chi connectivity index (χ2v) is 3.14. The van der Waals surface area contributed by atoms with Gasteiger partial charge in [0.25, 0.3) is 0 Å². The lowest BCUT2D eigenvalue weighted by molar-refractivity contribution is -0.131. The Balaban J connectivity index is 2.28. The van der Waals surface area contributed by atoms with Gasteiger partial charge in [0.1, 0.15) is 0 Å². The number of rotatable bonds is 3. The van der Waals surface area contributed by atoms with E-state index in [2.05, 4.69) is 0 Å². The second kappa shape index (κ2) is 4.82. The summed E-state index contributed by atoms with van der Waals surface area (Å²) >= 11 is 0. The molecule has 72 valence electrons. The Bertz CT molecular complexity index is 230. The van der Waals surface area contributed by atoms with Gasteiger partial charge >= 0.3 is 5.97 Å². The number of allylic oxidation sites excluding steroid dienone is 2. The zero-order valence-corrected chi connectivity index (χ0v) is 7.64. The number of carboxylic acids is 1. The summed E-state index contributed by atoms with van der Waals surface area (Å²) in [5.74, 6) is -0.926. The molecule has 0 saturated carbocycles. The minimum absolute atomic E-state index is 0.161. The monoisotopic (exact) mass is 182 g/mol. The first-order chi connectivity index (χ1) is 6.18. The Labute approximate surface area is 77.7 Å². The minimum atomic E-state index is -0.926. The van der Waals surface area contributed by atoms with E-state index in [1.807, 2.05) is 13.0 Å². The number of carbonyl (C=O) groups is 1. The highest BCUT2D eigenvalue weighted by atomic mass is 16.5. The van der Waals surface area contributed by atoms with E-state index in [9.17, 15) is 4.79 Å². The van der Waals surface area contributed by atoms with Crippen molar-refractivity contribution in [1.29, 1.82) is 0 Å². The average Bonchev–Trinajstić information content (AvgIpc) is 2.45. The van der Waals surface area contributed by atoms with Gasteiger partial charge in [0.05, 0.1) is 12.2 Å². The number of hydrogen-bond acceptors (Lipinski definition) is 2. The quantitative estimate of drug-likeness (QED) is 0.534. The third kappa shape index (κ3) is 3.90. The standard InChI is InChI=1S/C10H14O3/c1-8-6-7-9(13-8)4-2-3-5-10(11)12/h2-5,8-9H,6-7H2,1H3,(H,11,12)/b4-2+,5-3+. The topological polar surface area (TPSA) is 46.5 Å². The fourth-order valence-corrected chi connectivity index (χ4v) is 1.30. The lowest BCUT2D eigenvalue weighted by atomic mass is 10.2. The maximum atomic E-state index is 10.1. The molecule has 13 heavy (non-hydrogen) atoms. The van der Waals surface area contributed by atoms with E-state index >= 15 is 0 Å². The smallest absolute Gasteiger partial charge is 0.328 e. The molecular weight excluding hydrogens is 168 g/mol. The molecule has 0 bridgehead atoms. The fraction of sp³-hybridized carbons (Fsp3) is 0.500. The number of aliphatic carboxylic acids is 1. The molecule has 2 atom stereocenters. The molecule has 1 saturated heterocycles. The molecule has 0 radical (unpaired) electrons. The van der Waals surface area contributed by atoms with E-state index < -0.39 is 5.97 Å². The van der Waals surface area contributed by atoms with Crippen LogP contribution in [0.15, 0.2) is 24.3 Å². The van der Waals surface area contributed by atoms with Crippen molar-refractivity contribution in [2.45, 2.75) is 32.0 Å². The summed E-state index contributed by atoms with van der Waals surface area (Å²) in [4.78, 5) is 10.1. The first-order valence-electron chi connectivity index (χ1n) is 4.41. The molecule has 0 aliphatic carbocycles. The summed E-state index contributed by atoms with van der Waals surface area (Å²) < 4.78 is 5.50. The average molecular weight is 182 g/mol. The predicted molar refractivity (Wildman–Crippen MR) is 49.5 cm³/mol. The van der Waals surface area contributed by atoms with Crippen LogP contribution < -0.4 is 0 Å². The number of carboxylic acid groups (broad SMARTS) is 1. The Kier molecular flexibility index (Phi) is 3.71. The lowest BCUT2D eigenvalue weighted by Crippen LogP contribution is -2.03. The molecule has 0 aromatic heterocycles. The third-order valence-corrected chi connectivity index (χ3v) is 1.94. The van der Waals surface area contributed by atoms with Crippen molar-refractivity contribution in [2.75, 3.05) is 0 Å². The summed E-state index contributed by atoms with van der Waals surface area (Å²) in [5, 5.41) is 8.30. The molecule has 0 amide bonds. The summed E-state index contributed by atoms with van der Waals surface area (Å²) in [6.45, 7) is 2.04. The van der Waals surface area contributed by atoms with Crippen LogP contribution in [0.25, 0.3) is 0 Å². The summed E-state index contributed by atoms with van der Waals surface area (Å²) in [6, 6.07) is 0. The molecular formula is C10H14O3. The Morgan fingerprint density at radius 3 is 2.77 bits per heavy atom. The number of hydrogen-bond donors (Lipinski definition) is 1. The van der Waals surface area contributed by atoms with Crippen LogP contribution in [0, 0.1) is 0 Å². The largest absolute Gasteiger partial charge is 0.478 e. The van der Waals surface area contributed by atoms with Crippen LogP contribution in [0.1, 0.15) is 19.8 Å². The van der Waals surface area contributed by atoms with Gasteiger partial charge in [0, 0.05) is 6.08 Å². The fourth-order valence-electron chi connectivity index (χ4n) is 1.30. The van der Waals surface area contributed by atoms with E-state index in [-0.39, 0.29) is 6.10 Å². The van der Waals surface area contributed by atoms with Gasteiger partial charge in [-0.2, -0.15) is 0 Å². The van der Waals surface area contributed by atoms with Crippen molar-refractivity contribution >= 4 is 5.97 Å². The maximum Gasteiger partial charge on any atom is 0.328 e. The van der Waals surface area contributed by atoms with E-state index in [0.717, 1.165) is 18.9 Å². The van der Waals surface area contributed by atoms with Crippen molar-refractivity contribution in [2.24, 2.45) is 0 Å². The summed E-state index contributed by atoms with van der Waals surface area (Å²) in [7, 11) is 0. The lowest BCUT2D eigenvalue weighted by Gasteiger charge is -2.03. The molecule has 1 heterocycles. The third-order valence-electron chi connectivity index (χ3n) is 1.94. The van der Waals surface area contributed by atoms with Gasteiger partial charge in [0.2, 0.25) is 0 Å².